The second-order valence-electron chi connectivity index (χ2n) is 4.29. The molecule has 3 rings (SSSR count). The first kappa shape index (κ1) is 13.8. The molecule has 0 radical (unpaired) electrons. The molecule has 2 aromatic rings. The monoisotopic (exact) mass is 323 g/mol. The van der Waals surface area contributed by atoms with Gasteiger partial charge in [0.05, 0.1) is 5.25 Å². The zero-order valence-corrected chi connectivity index (χ0v) is 12.7. The van der Waals surface area contributed by atoms with Crippen molar-refractivity contribution >= 4 is 40.9 Å². The molecule has 0 spiro atoms. The Morgan fingerprint density at radius 3 is 3.00 bits per heavy atom. The van der Waals surface area contributed by atoms with Crippen LogP contribution in [0, 0.1) is 5.21 Å². The summed E-state index contributed by atoms with van der Waals surface area (Å²) >= 11 is 8.88. The standard InChI is InChI=1S/C14H10ClNO2S2/c15-9-4-5-11-10(7-9)14(17)12(8-19-11)20-13-3-1-2-6-16(13)18/h1-7,12H,8H2/t12-/m0/s1. The lowest BCUT2D eigenvalue weighted by molar-refractivity contribution is -0.645. The van der Waals surface area contributed by atoms with Crippen molar-refractivity contribution in [2.75, 3.05) is 5.75 Å². The van der Waals surface area contributed by atoms with Crippen LogP contribution >= 0.6 is 35.1 Å². The summed E-state index contributed by atoms with van der Waals surface area (Å²) in [5, 5.41) is 12.5. The first-order valence-electron chi connectivity index (χ1n) is 5.96. The highest BCUT2D eigenvalue weighted by Crippen LogP contribution is 2.37. The van der Waals surface area contributed by atoms with Crippen LogP contribution in [0.5, 0.6) is 0 Å². The third-order valence-corrected chi connectivity index (χ3v) is 5.78. The Balaban J connectivity index is 1.87. The Morgan fingerprint density at radius 1 is 1.35 bits per heavy atom. The molecule has 1 aromatic heterocycles. The molecule has 102 valence electrons. The third kappa shape index (κ3) is 2.66. The first-order valence-corrected chi connectivity index (χ1v) is 8.21. The van der Waals surface area contributed by atoms with Gasteiger partial charge in [-0.15, -0.1) is 11.8 Å². The first-order chi connectivity index (χ1) is 9.65. The predicted octanol–water partition coefficient (Wildman–Crippen LogP) is 3.42. The fourth-order valence-corrected chi connectivity index (χ4v) is 4.43. The number of hydrogen-bond acceptors (Lipinski definition) is 4. The lowest BCUT2D eigenvalue weighted by Crippen LogP contribution is -2.31. The van der Waals surface area contributed by atoms with E-state index in [9.17, 15) is 10.0 Å². The van der Waals surface area contributed by atoms with E-state index in [4.69, 9.17) is 11.6 Å². The smallest absolute Gasteiger partial charge is 0.252 e. The summed E-state index contributed by atoms with van der Waals surface area (Å²) in [5.74, 6) is 0.697. The number of fused-ring (bicyclic) bond motifs is 1. The average Bonchev–Trinajstić information content (AvgIpc) is 2.45. The van der Waals surface area contributed by atoms with Crippen LogP contribution in [0.4, 0.5) is 0 Å². The summed E-state index contributed by atoms with van der Waals surface area (Å²) < 4.78 is 0.788. The lowest BCUT2D eigenvalue weighted by Gasteiger charge is -2.21. The largest absolute Gasteiger partial charge is 0.618 e. The number of nitrogens with zero attached hydrogens (tertiary/aromatic N) is 1. The highest BCUT2D eigenvalue weighted by Gasteiger charge is 2.30. The summed E-state index contributed by atoms with van der Waals surface area (Å²) in [6.45, 7) is 0. The molecule has 0 saturated carbocycles. The van der Waals surface area contributed by atoms with E-state index in [2.05, 4.69) is 0 Å². The summed E-state index contributed by atoms with van der Waals surface area (Å²) in [5.41, 5.74) is 0.652. The number of Topliss-reactive ketones (excluding diaryl/α,β-unsaturated/α-hetero) is 1. The van der Waals surface area contributed by atoms with Gasteiger partial charge in [-0.1, -0.05) is 11.6 Å². The number of carbonyl (C=O) groups is 1. The second-order valence-corrected chi connectivity index (χ2v) is 7.01. The molecule has 0 aliphatic carbocycles. The van der Waals surface area contributed by atoms with E-state index >= 15 is 0 Å². The van der Waals surface area contributed by atoms with E-state index in [1.165, 1.54) is 18.0 Å². The molecule has 20 heavy (non-hydrogen) atoms. The number of pyridine rings is 1. The zero-order chi connectivity index (χ0) is 14.1. The molecule has 2 heterocycles. The average molecular weight is 324 g/mol. The molecule has 1 aromatic carbocycles. The van der Waals surface area contributed by atoms with Gasteiger partial charge in [0.15, 0.2) is 12.0 Å². The van der Waals surface area contributed by atoms with Crippen molar-refractivity contribution in [1.82, 2.24) is 0 Å². The second kappa shape index (κ2) is 5.68. The number of hydrogen-bond donors (Lipinski definition) is 0. The number of ketones is 1. The van der Waals surface area contributed by atoms with E-state index in [1.807, 2.05) is 6.07 Å². The molecule has 0 amide bonds. The fraction of sp³-hybridized carbons (Fsp3) is 0.143. The summed E-state index contributed by atoms with van der Waals surface area (Å²) in [6, 6.07) is 10.6. The molecule has 0 N–H and O–H groups in total. The molecule has 0 bridgehead atoms. The molecule has 0 fully saturated rings. The Bertz CT molecular complexity index is 678. The van der Waals surface area contributed by atoms with Crippen molar-refractivity contribution in [2.45, 2.75) is 15.2 Å². The minimum atomic E-state index is -0.256. The highest BCUT2D eigenvalue weighted by molar-refractivity contribution is 8.04. The molecule has 1 aliphatic heterocycles. The van der Waals surface area contributed by atoms with Gasteiger partial charge in [-0.2, -0.15) is 4.73 Å². The molecule has 1 atom stereocenters. The van der Waals surface area contributed by atoms with Gasteiger partial charge >= 0.3 is 0 Å². The minimum Gasteiger partial charge on any atom is -0.618 e. The number of rotatable bonds is 2. The number of thioether (sulfide) groups is 2. The zero-order valence-electron chi connectivity index (χ0n) is 10.3. The Labute approximate surface area is 129 Å². The van der Waals surface area contributed by atoms with Crippen LogP contribution in [-0.2, 0) is 0 Å². The van der Waals surface area contributed by atoms with E-state index in [0.717, 1.165) is 9.63 Å². The third-order valence-electron chi connectivity index (χ3n) is 2.94. The van der Waals surface area contributed by atoms with Crippen molar-refractivity contribution in [1.29, 1.82) is 0 Å². The fourth-order valence-electron chi connectivity index (χ4n) is 1.97. The van der Waals surface area contributed by atoms with Gasteiger partial charge in [0.25, 0.3) is 5.03 Å². The lowest BCUT2D eigenvalue weighted by atomic mass is 10.1. The van der Waals surface area contributed by atoms with Crippen LogP contribution in [-0.4, -0.2) is 16.8 Å². The van der Waals surface area contributed by atoms with E-state index in [1.54, 1.807) is 42.1 Å². The van der Waals surface area contributed by atoms with Gasteiger partial charge < -0.3 is 5.21 Å². The number of halogens is 1. The molecule has 6 heteroatoms. The number of benzene rings is 1. The topological polar surface area (TPSA) is 44.0 Å². The predicted molar refractivity (Wildman–Crippen MR) is 81.6 cm³/mol. The normalized spacial score (nSPS) is 17.9. The van der Waals surface area contributed by atoms with Crippen LogP contribution in [0.25, 0.3) is 0 Å². The molecule has 3 nitrogen and oxygen atoms in total. The van der Waals surface area contributed by atoms with Crippen molar-refractivity contribution in [3.05, 3.63) is 58.4 Å². The van der Waals surface area contributed by atoms with E-state index < -0.39 is 0 Å². The summed E-state index contributed by atoms with van der Waals surface area (Å²) in [7, 11) is 0. The number of carbonyl (C=O) groups excluding carboxylic acids is 1. The van der Waals surface area contributed by atoms with Crippen LogP contribution in [0.15, 0.2) is 52.5 Å². The van der Waals surface area contributed by atoms with Crippen LogP contribution in [0.1, 0.15) is 10.4 Å². The van der Waals surface area contributed by atoms with Gasteiger partial charge in [0, 0.05) is 33.4 Å². The Kier molecular flexibility index (Phi) is 3.92. The van der Waals surface area contributed by atoms with Crippen molar-refractivity contribution in [2.24, 2.45) is 0 Å². The molecule has 1 aliphatic rings. The number of aromatic nitrogens is 1. The summed E-state index contributed by atoms with van der Waals surface area (Å²) in [6.07, 6.45) is 1.44. The Morgan fingerprint density at radius 2 is 2.20 bits per heavy atom. The SMILES string of the molecule is O=C1c2cc(Cl)ccc2SC[C@@H]1Sc1cccc[n+]1[O-]. The molecule has 0 unspecified atom stereocenters. The van der Waals surface area contributed by atoms with Gasteiger partial charge in [-0.3, -0.25) is 4.79 Å². The quantitative estimate of drug-likeness (QED) is 0.627. The molecule has 0 saturated heterocycles. The minimum absolute atomic E-state index is 0.0371. The maximum atomic E-state index is 12.5. The highest BCUT2D eigenvalue weighted by atomic mass is 35.5. The Hall–Kier alpha value is -1.17. The van der Waals surface area contributed by atoms with Crippen LogP contribution in [0.3, 0.4) is 0 Å². The van der Waals surface area contributed by atoms with Crippen LogP contribution in [0.2, 0.25) is 5.02 Å². The van der Waals surface area contributed by atoms with Gasteiger partial charge in [0.1, 0.15) is 0 Å². The maximum absolute atomic E-state index is 12.5. The van der Waals surface area contributed by atoms with E-state index in [-0.39, 0.29) is 11.0 Å². The van der Waals surface area contributed by atoms with Crippen molar-refractivity contribution in [3.63, 3.8) is 0 Å². The van der Waals surface area contributed by atoms with Crippen molar-refractivity contribution in [3.8, 4) is 0 Å². The van der Waals surface area contributed by atoms with Gasteiger partial charge in [-0.25, -0.2) is 0 Å². The van der Waals surface area contributed by atoms with Crippen LogP contribution < -0.4 is 4.73 Å². The van der Waals surface area contributed by atoms with Gasteiger partial charge in [-0.05, 0) is 36.0 Å². The maximum Gasteiger partial charge on any atom is 0.252 e. The molecular formula is C14H10ClNO2S2. The van der Waals surface area contributed by atoms with Crippen molar-refractivity contribution < 1.29 is 9.52 Å². The van der Waals surface area contributed by atoms with E-state index in [0.29, 0.717) is 21.4 Å². The van der Waals surface area contributed by atoms with Gasteiger partial charge in [0.2, 0.25) is 0 Å². The molecular weight excluding hydrogens is 314 g/mol. The summed E-state index contributed by atoms with van der Waals surface area (Å²) in [4.78, 5) is 13.4.